The van der Waals surface area contributed by atoms with Crippen LogP contribution in [0.4, 0.5) is 0 Å². The molecule has 2 heterocycles. The molecule has 2 aliphatic heterocycles. The Kier molecular flexibility index (Phi) is 5.86. The number of esters is 1. The van der Waals surface area contributed by atoms with Gasteiger partial charge in [-0.15, -0.1) is 0 Å². The van der Waals surface area contributed by atoms with Crippen molar-refractivity contribution in [1.82, 2.24) is 0 Å². The van der Waals surface area contributed by atoms with Crippen molar-refractivity contribution in [3.8, 4) is 0 Å². The van der Waals surface area contributed by atoms with E-state index in [1.807, 2.05) is 20.8 Å². The van der Waals surface area contributed by atoms with Gasteiger partial charge in [-0.05, 0) is 68.9 Å². The SMILES string of the molecule is CC(=O)OC1CC2=CC(=O)C=CC2(C)C2CCC3(C)C(CC(=O)C3C(C)C3CC4(C)OC(C)(O3)OC4(C)C)C12. The largest absolute Gasteiger partial charge is 0.462 e. The van der Waals surface area contributed by atoms with Crippen LogP contribution in [0, 0.1) is 40.4 Å². The Balaban J connectivity index is 1.34. The summed E-state index contributed by atoms with van der Waals surface area (Å²) in [5.74, 6) is -0.973. The third kappa shape index (κ3) is 3.82. The van der Waals surface area contributed by atoms with E-state index >= 15 is 0 Å². The molecule has 7 heteroatoms. The minimum Gasteiger partial charge on any atom is -0.462 e. The van der Waals surface area contributed by atoms with Crippen molar-refractivity contribution in [3.05, 3.63) is 23.8 Å². The first-order chi connectivity index (χ1) is 18.0. The first kappa shape index (κ1) is 27.3. The van der Waals surface area contributed by atoms with E-state index in [0.717, 1.165) is 18.4 Å². The summed E-state index contributed by atoms with van der Waals surface area (Å²) in [7, 11) is 0. The number of allylic oxidation sites excluding steroid dienone is 3. The number of hydrogen-bond acceptors (Lipinski definition) is 7. The Hall–Kier alpha value is -1.83. The van der Waals surface area contributed by atoms with Crippen molar-refractivity contribution in [1.29, 1.82) is 0 Å². The smallest absolute Gasteiger partial charge is 0.302 e. The molecule has 0 radical (unpaired) electrons. The molecule has 2 bridgehead atoms. The summed E-state index contributed by atoms with van der Waals surface area (Å²) < 4.78 is 25.0. The highest BCUT2D eigenvalue weighted by Crippen LogP contribution is 2.67. The van der Waals surface area contributed by atoms with Gasteiger partial charge in [0.05, 0.1) is 11.7 Å². The van der Waals surface area contributed by atoms with Crippen LogP contribution in [0.3, 0.4) is 0 Å². The van der Waals surface area contributed by atoms with Crippen molar-refractivity contribution in [2.45, 2.75) is 117 Å². The lowest BCUT2D eigenvalue weighted by Crippen LogP contribution is -2.57. The van der Waals surface area contributed by atoms with Crippen LogP contribution >= 0.6 is 0 Å². The van der Waals surface area contributed by atoms with Crippen molar-refractivity contribution < 1.29 is 33.3 Å². The molecule has 5 fully saturated rings. The fraction of sp³-hybridized carbons (Fsp3) is 0.781. The fourth-order valence-corrected chi connectivity index (χ4v) is 9.88. The van der Waals surface area contributed by atoms with E-state index in [0.29, 0.717) is 19.3 Å². The maximum atomic E-state index is 14.0. The highest BCUT2D eigenvalue weighted by Gasteiger charge is 2.68. The van der Waals surface area contributed by atoms with Gasteiger partial charge < -0.3 is 18.9 Å². The number of rotatable bonds is 3. The topological polar surface area (TPSA) is 88.1 Å². The molecule has 6 aliphatic rings. The van der Waals surface area contributed by atoms with Crippen molar-refractivity contribution in [2.24, 2.45) is 40.4 Å². The third-order valence-corrected chi connectivity index (χ3v) is 12.0. The van der Waals surface area contributed by atoms with Crippen molar-refractivity contribution in [3.63, 3.8) is 0 Å². The standard InChI is InChI=1S/C32H44O7/c1-17(25-16-31(7)28(3,4)38-32(8,37-25)39-31)27-23(35)15-22-26-21(10-12-30(22,27)6)29(5)11-9-20(34)13-19(29)14-24(26)36-18(2)33/h9,11,13,17,21-22,24-27H,10,12,14-16H2,1-8H3. The fourth-order valence-electron chi connectivity index (χ4n) is 9.88. The third-order valence-electron chi connectivity index (χ3n) is 12.0. The van der Waals surface area contributed by atoms with Gasteiger partial charge in [0.25, 0.3) is 5.97 Å². The van der Waals surface area contributed by atoms with E-state index in [2.05, 4.69) is 33.8 Å². The minimum absolute atomic E-state index is 0.00643. The number of carbonyl (C=O) groups is 3. The predicted molar refractivity (Wildman–Crippen MR) is 143 cm³/mol. The van der Waals surface area contributed by atoms with E-state index in [9.17, 15) is 14.4 Å². The van der Waals surface area contributed by atoms with E-state index < -0.39 is 17.2 Å². The van der Waals surface area contributed by atoms with Crippen LogP contribution in [0.15, 0.2) is 23.8 Å². The average molecular weight is 541 g/mol. The predicted octanol–water partition coefficient (Wildman–Crippen LogP) is 5.31. The van der Waals surface area contributed by atoms with Gasteiger partial charge >= 0.3 is 5.97 Å². The van der Waals surface area contributed by atoms with Crippen LogP contribution in [-0.4, -0.2) is 46.9 Å². The quantitative estimate of drug-likeness (QED) is 0.448. The molecule has 0 spiro atoms. The Morgan fingerprint density at radius 2 is 1.77 bits per heavy atom. The molecule has 6 rings (SSSR count). The Bertz CT molecular complexity index is 1180. The molecule has 0 amide bonds. The second kappa shape index (κ2) is 8.36. The van der Waals surface area contributed by atoms with Crippen molar-refractivity contribution >= 4 is 17.5 Å². The molecule has 214 valence electrons. The number of ketones is 2. The second-order valence-corrected chi connectivity index (χ2v) is 14.6. The first-order valence-corrected chi connectivity index (χ1v) is 14.7. The summed E-state index contributed by atoms with van der Waals surface area (Å²) >= 11 is 0. The van der Waals surface area contributed by atoms with Gasteiger partial charge in [0.2, 0.25) is 0 Å². The Morgan fingerprint density at radius 1 is 1.05 bits per heavy atom. The number of ether oxygens (including phenoxy) is 4. The molecule has 11 atom stereocenters. The van der Waals surface area contributed by atoms with Crippen LogP contribution in [0.25, 0.3) is 0 Å². The molecule has 2 saturated heterocycles. The molecule has 3 saturated carbocycles. The van der Waals surface area contributed by atoms with E-state index in [4.69, 9.17) is 18.9 Å². The van der Waals surface area contributed by atoms with Gasteiger partial charge in [-0.2, -0.15) is 0 Å². The van der Waals surface area contributed by atoms with Gasteiger partial charge in [-0.3, -0.25) is 14.4 Å². The van der Waals surface area contributed by atoms with Gasteiger partial charge in [-0.25, -0.2) is 0 Å². The molecule has 4 aliphatic carbocycles. The second-order valence-electron chi connectivity index (χ2n) is 14.6. The number of carbonyl (C=O) groups excluding carboxylic acids is 3. The lowest BCUT2D eigenvalue weighted by Gasteiger charge is -2.59. The molecule has 39 heavy (non-hydrogen) atoms. The zero-order valence-electron chi connectivity index (χ0n) is 24.7. The van der Waals surface area contributed by atoms with E-state index in [1.165, 1.54) is 6.92 Å². The average Bonchev–Trinajstić information content (AvgIpc) is 3.14. The molecular weight excluding hydrogens is 496 g/mol. The Morgan fingerprint density at radius 3 is 2.44 bits per heavy atom. The van der Waals surface area contributed by atoms with Crippen LogP contribution in [-0.2, 0) is 33.3 Å². The highest BCUT2D eigenvalue weighted by atomic mass is 16.9. The zero-order chi connectivity index (χ0) is 28.3. The van der Waals surface area contributed by atoms with Crippen LogP contribution < -0.4 is 0 Å². The summed E-state index contributed by atoms with van der Waals surface area (Å²) in [5.41, 5.74) is -0.464. The Labute approximate surface area is 232 Å². The summed E-state index contributed by atoms with van der Waals surface area (Å²) in [5, 5.41) is 0. The first-order valence-electron chi connectivity index (χ1n) is 14.7. The lowest BCUT2D eigenvalue weighted by molar-refractivity contribution is -0.385. The van der Waals surface area contributed by atoms with E-state index in [-0.39, 0.29) is 70.2 Å². The highest BCUT2D eigenvalue weighted by molar-refractivity contribution is 6.01. The maximum absolute atomic E-state index is 14.0. The van der Waals surface area contributed by atoms with Gasteiger partial charge in [0.1, 0.15) is 17.5 Å². The van der Waals surface area contributed by atoms with E-state index in [1.54, 1.807) is 12.2 Å². The molecule has 7 nitrogen and oxygen atoms in total. The van der Waals surface area contributed by atoms with Gasteiger partial charge in [0, 0.05) is 50.4 Å². The molecular formula is C32H44O7. The normalized spacial score (nSPS) is 50.5. The van der Waals surface area contributed by atoms with Crippen LogP contribution in [0.1, 0.15) is 87.5 Å². The molecule has 11 unspecified atom stereocenters. The number of Topliss-reactive ketones (excluding diaryl/α,β-unsaturated/α-hetero) is 1. The number of fused-ring (bicyclic) bond motifs is 7. The lowest BCUT2D eigenvalue weighted by atomic mass is 9.46. The summed E-state index contributed by atoms with van der Waals surface area (Å²) in [6, 6.07) is 0. The summed E-state index contributed by atoms with van der Waals surface area (Å²) in [4.78, 5) is 38.6. The minimum atomic E-state index is -1.12. The summed E-state index contributed by atoms with van der Waals surface area (Å²) in [6.07, 6.45) is 8.51. The molecule has 0 N–H and O–H groups in total. The van der Waals surface area contributed by atoms with Crippen LogP contribution in [0.2, 0.25) is 0 Å². The molecule has 0 aromatic rings. The zero-order valence-corrected chi connectivity index (χ0v) is 24.7. The van der Waals surface area contributed by atoms with Crippen molar-refractivity contribution in [2.75, 3.05) is 0 Å². The monoisotopic (exact) mass is 540 g/mol. The summed E-state index contributed by atoms with van der Waals surface area (Å²) in [6.45, 7) is 16.1. The van der Waals surface area contributed by atoms with Crippen LogP contribution in [0.5, 0.6) is 0 Å². The molecule has 0 aromatic carbocycles. The maximum Gasteiger partial charge on any atom is 0.302 e. The molecule has 0 aromatic heterocycles. The van der Waals surface area contributed by atoms with Gasteiger partial charge in [0.15, 0.2) is 5.78 Å². The van der Waals surface area contributed by atoms with Gasteiger partial charge in [-0.1, -0.05) is 32.4 Å². The number of hydrogen-bond donors (Lipinski definition) is 0.